The van der Waals surface area contributed by atoms with E-state index in [1.807, 2.05) is 12.4 Å². The second-order valence-corrected chi connectivity index (χ2v) is 5.19. The van der Waals surface area contributed by atoms with E-state index in [0.717, 1.165) is 50.2 Å². The van der Waals surface area contributed by atoms with Crippen molar-refractivity contribution >= 4 is 36.8 Å². The molecule has 2 saturated heterocycles. The van der Waals surface area contributed by atoms with Gasteiger partial charge in [0.2, 0.25) is 0 Å². The van der Waals surface area contributed by atoms with E-state index in [9.17, 15) is 0 Å². The van der Waals surface area contributed by atoms with E-state index in [4.69, 9.17) is 9.72 Å². The number of halogens is 2. The van der Waals surface area contributed by atoms with E-state index < -0.39 is 0 Å². The summed E-state index contributed by atoms with van der Waals surface area (Å²) < 4.78 is 5.40. The predicted octanol–water partition coefficient (Wildman–Crippen LogP) is 1.05. The molecule has 1 unspecified atom stereocenters. The Morgan fingerprint density at radius 3 is 2.83 bits per heavy atom. The molecule has 0 bridgehead atoms. The quantitative estimate of drug-likeness (QED) is 0.823. The SMILES string of the molecule is C1=NC=C2NNC(c3cccc(N4CCOCC4)n3)N2C1.Cl.Cl. The van der Waals surface area contributed by atoms with Crippen molar-refractivity contribution in [2.24, 2.45) is 4.99 Å². The van der Waals surface area contributed by atoms with Gasteiger partial charge in [-0.1, -0.05) is 6.07 Å². The minimum absolute atomic E-state index is 0. The van der Waals surface area contributed by atoms with Crippen LogP contribution in [0.4, 0.5) is 5.82 Å². The summed E-state index contributed by atoms with van der Waals surface area (Å²) >= 11 is 0. The molecule has 9 heteroatoms. The van der Waals surface area contributed by atoms with Crippen molar-refractivity contribution < 1.29 is 4.74 Å². The zero-order valence-electron chi connectivity index (χ0n) is 12.5. The fourth-order valence-electron chi connectivity index (χ4n) is 2.79. The number of nitrogens with one attached hydrogen (secondary N) is 2. The number of ether oxygens (including phenoxy) is 1. The number of hydrogen-bond acceptors (Lipinski definition) is 7. The summed E-state index contributed by atoms with van der Waals surface area (Å²) in [7, 11) is 0. The first-order valence-corrected chi connectivity index (χ1v) is 7.21. The van der Waals surface area contributed by atoms with Gasteiger partial charge in [0.15, 0.2) is 0 Å². The van der Waals surface area contributed by atoms with Crippen molar-refractivity contribution in [2.75, 3.05) is 37.7 Å². The Labute approximate surface area is 147 Å². The molecule has 0 aromatic carbocycles. The summed E-state index contributed by atoms with van der Waals surface area (Å²) in [6, 6.07) is 6.18. The number of rotatable bonds is 2. The third-order valence-corrected chi connectivity index (χ3v) is 3.91. The van der Waals surface area contributed by atoms with Crippen molar-refractivity contribution in [3.05, 3.63) is 35.9 Å². The summed E-state index contributed by atoms with van der Waals surface area (Å²) in [6.45, 7) is 4.11. The van der Waals surface area contributed by atoms with Gasteiger partial charge in [-0.2, -0.15) is 0 Å². The second-order valence-electron chi connectivity index (χ2n) is 5.19. The number of pyridine rings is 1. The highest BCUT2D eigenvalue weighted by Crippen LogP contribution is 2.26. The van der Waals surface area contributed by atoms with Gasteiger partial charge in [-0.3, -0.25) is 4.99 Å². The number of fused-ring (bicyclic) bond motifs is 1. The van der Waals surface area contributed by atoms with E-state index in [-0.39, 0.29) is 31.0 Å². The molecule has 2 fully saturated rings. The number of hydrogen-bond donors (Lipinski definition) is 2. The van der Waals surface area contributed by atoms with E-state index in [2.05, 4.69) is 43.8 Å². The Morgan fingerprint density at radius 2 is 2.00 bits per heavy atom. The maximum Gasteiger partial charge on any atom is 0.141 e. The van der Waals surface area contributed by atoms with Crippen molar-refractivity contribution in [3.63, 3.8) is 0 Å². The Bertz CT molecular complexity index is 590. The van der Waals surface area contributed by atoms with Crippen LogP contribution in [0.15, 0.2) is 35.2 Å². The molecule has 0 amide bonds. The van der Waals surface area contributed by atoms with Crippen molar-refractivity contribution in [1.29, 1.82) is 0 Å². The van der Waals surface area contributed by atoms with Crippen molar-refractivity contribution in [1.82, 2.24) is 20.7 Å². The molecule has 4 heterocycles. The molecule has 2 N–H and O–H groups in total. The first kappa shape index (κ1) is 17.8. The molecule has 1 aromatic rings. The van der Waals surface area contributed by atoms with Gasteiger partial charge in [-0.25, -0.2) is 10.4 Å². The van der Waals surface area contributed by atoms with Crippen LogP contribution in [0.5, 0.6) is 0 Å². The zero-order chi connectivity index (χ0) is 14.1. The van der Waals surface area contributed by atoms with E-state index in [1.54, 1.807) is 0 Å². The molecule has 0 aliphatic carbocycles. The number of hydrazine groups is 1. The third-order valence-electron chi connectivity index (χ3n) is 3.91. The van der Waals surface area contributed by atoms with Gasteiger partial charge in [-0.05, 0) is 12.1 Å². The first-order valence-electron chi connectivity index (χ1n) is 7.21. The predicted molar refractivity (Wildman–Crippen MR) is 94.1 cm³/mol. The fraction of sp³-hybridized carbons (Fsp3) is 0.429. The molecule has 3 aliphatic heterocycles. The van der Waals surface area contributed by atoms with Crippen LogP contribution in [0.3, 0.4) is 0 Å². The van der Waals surface area contributed by atoms with E-state index in [1.165, 1.54) is 0 Å². The van der Waals surface area contributed by atoms with Crippen LogP contribution in [0.25, 0.3) is 0 Å². The number of aliphatic imine (C=N–C) groups is 1. The Hall–Kier alpha value is -1.54. The molecule has 3 aliphatic rings. The van der Waals surface area contributed by atoms with Gasteiger partial charge in [0.05, 0.1) is 31.7 Å². The largest absolute Gasteiger partial charge is 0.378 e. The average molecular weight is 359 g/mol. The number of morpholine rings is 1. The topological polar surface area (TPSA) is 65.0 Å². The second kappa shape index (κ2) is 7.83. The molecule has 23 heavy (non-hydrogen) atoms. The van der Waals surface area contributed by atoms with E-state index in [0.29, 0.717) is 0 Å². The Balaban J connectivity index is 0.000000960. The summed E-state index contributed by atoms with van der Waals surface area (Å²) in [6.07, 6.45) is 3.75. The lowest BCUT2D eigenvalue weighted by Gasteiger charge is -2.29. The monoisotopic (exact) mass is 358 g/mol. The van der Waals surface area contributed by atoms with Gasteiger partial charge in [-0.15, -0.1) is 24.8 Å². The van der Waals surface area contributed by atoms with E-state index >= 15 is 0 Å². The van der Waals surface area contributed by atoms with Gasteiger partial charge >= 0.3 is 0 Å². The highest BCUT2D eigenvalue weighted by molar-refractivity contribution is 5.85. The minimum atomic E-state index is 0. The summed E-state index contributed by atoms with van der Waals surface area (Å²) in [5.41, 5.74) is 7.43. The molecule has 126 valence electrons. The van der Waals surface area contributed by atoms with Crippen LogP contribution in [0.2, 0.25) is 0 Å². The average Bonchev–Trinajstić information content (AvgIpc) is 3.00. The van der Waals surface area contributed by atoms with Crippen molar-refractivity contribution in [3.8, 4) is 0 Å². The maximum atomic E-state index is 5.40. The van der Waals surface area contributed by atoms with Crippen LogP contribution in [0, 0.1) is 0 Å². The highest BCUT2D eigenvalue weighted by atomic mass is 35.5. The first-order chi connectivity index (χ1) is 10.4. The molecule has 0 saturated carbocycles. The molecular weight excluding hydrogens is 339 g/mol. The normalized spacial score (nSPS) is 22.4. The lowest BCUT2D eigenvalue weighted by Crippen LogP contribution is -2.37. The molecule has 0 spiro atoms. The van der Waals surface area contributed by atoms with Crippen LogP contribution < -0.4 is 15.8 Å². The van der Waals surface area contributed by atoms with Crippen molar-refractivity contribution in [2.45, 2.75) is 6.17 Å². The number of aromatic nitrogens is 1. The van der Waals surface area contributed by atoms with Gasteiger partial charge < -0.3 is 20.0 Å². The van der Waals surface area contributed by atoms with Crippen LogP contribution in [-0.2, 0) is 4.74 Å². The van der Waals surface area contributed by atoms with Crippen LogP contribution in [-0.4, -0.2) is 48.9 Å². The zero-order valence-corrected chi connectivity index (χ0v) is 14.1. The summed E-state index contributed by atoms with van der Waals surface area (Å²) in [5, 5.41) is 0. The molecule has 1 aromatic heterocycles. The Kier molecular flexibility index (Phi) is 6.06. The number of anilines is 1. The molecule has 0 radical (unpaired) electrons. The smallest absolute Gasteiger partial charge is 0.141 e. The molecule has 4 rings (SSSR count). The van der Waals surface area contributed by atoms with Crippen LogP contribution in [0.1, 0.15) is 11.9 Å². The lowest BCUT2D eigenvalue weighted by molar-refractivity contribution is 0.122. The molecule has 7 nitrogen and oxygen atoms in total. The summed E-state index contributed by atoms with van der Waals surface area (Å²) in [4.78, 5) is 13.5. The third kappa shape index (κ3) is 3.53. The highest BCUT2D eigenvalue weighted by Gasteiger charge is 2.30. The summed E-state index contributed by atoms with van der Waals surface area (Å²) in [5.74, 6) is 2.00. The minimum Gasteiger partial charge on any atom is -0.378 e. The standard InChI is InChI=1S/C14H18N6O.2ClH/c1-2-11(14-18-17-13-10-15-4-5-20(13)14)16-12(3-1)19-6-8-21-9-7-19;;/h1-4,10,14,17-18H,5-9H2;2*1H. The van der Waals surface area contributed by atoms with Gasteiger partial charge in [0.25, 0.3) is 0 Å². The maximum absolute atomic E-state index is 5.40. The lowest BCUT2D eigenvalue weighted by atomic mass is 10.2. The molecule has 1 atom stereocenters. The van der Waals surface area contributed by atoms with Gasteiger partial charge in [0.1, 0.15) is 17.8 Å². The Morgan fingerprint density at radius 1 is 1.17 bits per heavy atom. The fourth-order valence-corrected chi connectivity index (χ4v) is 2.79. The number of nitrogens with zero attached hydrogens (tertiary/aromatic N) is 4. The van der Waals surface area contributed by atoms with Gasteiger partial charge in [0, 0.05) is 19.3 Å². The molecular formula is C14H20Cl2N6O. The van der Waals surface area contributed by atoms with Crippen LogP contribution >= 0.6 is 24.8 Å².